The lowest BCUT2D eigenvalue weighted by molar-refractivity contribution is 1.03. The first kappa shape index (κ1) is 16.6. The van der Waals surface area contributed by atoms with Crippen molar-refractivity contribution in [1.82, 2.24) is 4.98 Å². The van der Waals surface area contributed by atoms with Crippen LogP contribution in [0.3, 0.4) is 0 Å². The van der Waals surface area contributed by atoms with Crippen molar-refractivity contribution in [2.75, 3.05) is 0 Å². The third kappa shape index (κ3) is 5.81. The largest absolute Gasteiger partial charge is 0.264 e. The monoisotopic (exact) mass is 245 g/mol. The van der Waals surface area contributed by atoms with Crippen LogP contribution >= 0.6 is 0 Å². The van der Waals surface area contributed by atoms with Crippen molar-refractivity contribution in [2.45, 2.75) is 54.4 Å². The minimum Gasteiger partial charge on any atom is -0.264 e. The molecule has 0 atom stereocenters. The smallest absolute Gasteiger partial charge is 0.0305 e. The number of allylic oxidation sites excluding steroid dienone is 4. The first-order valence-corrected chi connectivity index (χ1v) is 6.89. The van der Waals surface area contributed by atoms with Gasteiger partial charge in [0.25, 0.3) is 0 Å². The molecule has 0 unspecified atom stereocenters. The van der Waals surface area contributed by atoms with Crippen LogP contribution in [0.5, 0.6) is 0 Å². The quantitative estimate of drug-likeness (QED) is 0.670. The SMILES string of the molecule is C/C=C(\C=C(C)C)Cc1cnccc1CC.CC. The Balaban J connectivity index is 0.00000137. The number of aryl methyl sites for hydroxylation is 1. The zero-order chi connectivity index (χ0) is 14.0. The number of hydrogen-bond donors (Lipinski definition) is 0. The van der Waals surface area contributed by atoms with E-state index in [0.717, 1.165) is 12.8 Å². The van der Waals surface area contributed by atoms with Crippen molar-refractivity contribution in [1.29, 1.82) is 0 Å². The highest BCUT2D eigenvalue weighted by Crippen LogP contribution is 2.15. The molecule has 1 heterocycles. The highest BCUT2D eigenvalue weighted by atomic mass is 14.6. The summed E-state index contributed by atoms with van der Waals surface area (Å²) in [5.41, 5.74) is 5.45. The Morgan fingerprint density at radius 2 is 1.89 bits per heavy atom. The Labute approximate surface area is 113 Å². The summed E-state index contributed by atoms with van der Waals surface area (Å²) in [4.78, 5) is 4.21. The minimum atomic E-state index is 0.985. The van der Waals surface area contributed by atoms with E-state index in [0.29, 0.717) is 0 Å². The van der Waals surface area contributed by atoms with Crippen molar-refractivity contribution in [3.8, 4) is 0 Å². The molecule has 0 radical (unpaired) electrons. The molecular weight excluding hydrogens is 218 g/mol. The second kappa shape index (κ2) is 9.64. The molecule has 100 valence electrons. The van der Waals surface area contributed by atoms with Crippen molar-refractivity contribution in [3.63, 3.8) is 0 Å². The maximum absolute atomic E-state index is 4.21. The lowest BCUT2D eigenvalue weighted by Gasteiger charge is -2.08. The van der Waals surface area contributed by atoms with Crippen LogP contribution in [0.25, 0.3) is 0 Å². The molecule has 1 aromatic heterocycles. The molecule has 1 heteroatoms. The lowest BCUT2D eigenvalue weighted by atomic mass is 9.99. The predicted octanol–water partition coefficient (Wildman–Crippen LogP) is 5.13. The average molecular weight is 245 g/mol. The summed E-state index contributed by atoms with van der Waals surface area (Å²) >= 11 is 0. The van der Waals surface area contributed by atoms with Crippen LogP contribution < -0.4 is 0 Å². The Hall–Kier alpha value is -1.37. The fraction of sp³-hybridized carbons (Fsp3) is 0.471. The van der Waals surface area contributed by atoms with Crippen molar-refractivity contribution in [3.05, 3.63) is 52.9 Å². The molecule has 0 saturated heterocycles. The summed E-state index contributed by atoms with van der Waals surface area (Å²) in [6.07, 6.45) is 10.3. The average Bonchev–Trinajstić information content (AvgIpc) is 2.40. The van der Waals surface area contributed by atoms with Gasteiger partial charge < -0.3 is 0 Å². The van der Waals surface area contributed by atoms with E-state index in [9.17, 15) is 0 Å². The standard InChI is InChI=1S/C15H21N.C2H6/c1-5-13(9-12(3)4)10-15-11-16-8-7-14(15)6-2;1-2/h5,7-9,11H,6,10H2,1-4H3;1-2H3/b13-5+;. The molecule has 1 rings (SSSR count). The minimum absolute atomic E-state index is 0.985. The fourth-order valence-electron chi connectivity index (χ4n) is 1.79. The van der Waals surface area contributed by atoms with Crippen LogP contribution in [0.2, 0.25) is 0 Å². The van der Waals surface area contributed by atoms with Gasteiger partial charge in [0.2, 0.25) is 0 Å². The third-order valence-corrected chi connectivity index (χ3v) is 2.62. The Morgan fingerprint density at radius 3 is 2.39 bits per heavy atom. The van der Waals surface area contributed by atoms with Gasteiger partial charge in [0.1, 0.15) is 0 Å². The summed E-state index contributed by atoms with van der Waals surface area (Å²) in [5, 5.41) is 0. The summed E-state index contributed by atoms with van der Waals surface area (Å²) in [5.74, 6) is 0. The number of rotatable bonds is 4. The second-order valence-electron chi connectivity index (χ2n) is 4.26. The van der Waals surface area contributed by atoms with E-state index in [-0.39, 0.29) is 0 Å². The molecule has 0 bridgehead atoms. The first-order chi connectivity index (χ1) is 8.67. The van der Waals surface area contributed by atoms with E-state index >= 15 is 0 Å². The summed E-state index contributed by atoms with van der Waals surface area (Å²) in [6, 6.07) is 2.12. The van der Waals surface area contributed by atoms with Gasteiger partial charge in [-0.1, -0.05) is 38.5 Å². The highest BCUT2D eigenvalue weighted by molar-refractivity contribution is 5.33. The van der Waals surface area contributed by atoms with Crippen molar-refractivity contribution >= 4 is 0 Å². The maximum atomic E-state index is 4.21. The molecule has 0 aliphatic carbocycles. The van der Waals surface area contributed by atoms with Gasteiger partial charge in [-0.2, -0.15) is 0 Å². The number of pyridine rings is 1. The summed E-state index contributed by atoms with van der Waals surface area (Å²) < 4.78 is 0. The van der Waals surface area contributed by atoms with E-state index < -0.39 is 0 Å². The fourth-order valence-corrected chi connectivity index (χ4v) is 1.79. The molecule has 0 spiro atoms. The highest BCUT2D eigenvalue weighted by Gasteiger charge is 2.02. The Morgan fingerprint density at radius 1 is 1.22 bits per heavy atom. The molecule has 0 fully saturated rings. The predicted molar refractivity (Wildman–Crippen MR) is 81.9 cm³/mol. The molecule has 0 aromatic carbocycles. The lowest BCUT2D eigenvalue weighted by Crippen LogP contribution is -1.96. The van der Waals surface area contributed by atoms with Gasteiger partial charge >= 0.3 is 0 Å². The number of hydrogen-bond acceptors (Lipinski definition) is 1. The maximum Gasteiger partial charge on any atom is 0.0305 e. The van der Waals surface area contributed by atoms with E-state index in [1.54, 1.807) is 0 Å². The molecule has 0 aliphatic rings. The summed E-state index contributed by atoms with van der Waals surface area (Å²) in [7, 11) is 0. The van der Waals surface area contributed by atoms with Crippen molar-refractivity contribution < 1.29 is 0 Å². The van der Waals surface area contributed by atoms with Crippen LogP contribution in [-0.2, 0) is 12.8 Å². The van der Waals surface area contributed by atoms with Gasteiger partial charge in [0.05, 0.1) is 0 Å². The first-order valence-electron chi connectivity index (χ1n) is 6.89. The van der Waals surface area contributed by atoms with E-state index in [2.05, 4.69) is 50.9 Å². The summed E-state index contributed by atoms with van der Waals surface area (Å²) in [6.45, 7) is 12.5. The second-order valence-corrected chi connectivity index (χ2v) is 4.26. The van der Waals surface area contributed by atoms with E-state index in [1.165, 1.54) is 22.3 Å². The normalized spacial score (nSPS) is 10.4. The van der Waals surface area contributed by atoms with Crippen LogP contribution in [-0.4, -0.2) is 4.98 Å². The Bertz CT molecular complexity index is 396. The van der Waals surface area contributed by atoms with Crippen LogP contribution in [0.1, 0.15) is 52.7 Å². The van der Waals surface area contributed by atoms with Gasteiger partial charge in [-0.3, -0.25) is 4.98 Å². The molecule has 1 aromatic rings. The van der Waals surface area contributed by atoms with E-state index in [1.807, 2.05) is 26.2 Å². The molecular formula is C17H27N. The molecule has 18 heavy (non-hydrogen) atoms. The third-order valence-electron chi connectivity index (χ3n) is 2.62. The Kier molecular flexibility index (Phi) is 8.91. The van der Waals surface area contributed by atoms with Gasteiger partial charge in [-0.05, 0) is 56.4 Å². The van der Waals surface area contributed by atoms with Gasteiger partial charge in [-0.25, -0.2) is 0 Å². The molecule has 0 N–H and O–H groups in total. The number of nitrogens with zero attached hydrogens (tertiary/aromatic N) is 1. The van der Waals surface area contributed by atoms with Crippen LogP contribution in [0.15, 0.2) is 41.8 Å². The van der Waals surface area contributed by atoms with Crippen LogP contribution in [0, 0.1) is 0 Å². The zero-order valence-corrected chi connectivity index (χ0v) is 12.7. The van der Waals surface area contributed by atoms with Crippen LogP contribution in [0.4, 0.5) is 0 Å². The molecule has 0 saturated carbocycles. The van der Waals surface area contributed by atoms with E-state index in [4.69, 9.17) is 0 Å². The van der Waals surface area contributed by atoms with Gasteiger partial charge in [0.15, 0.2) is 0 Å². The zero-order valence-electron chi connectivity index (χ0n) is 12.7. The molecule has 0 aliphatic heterocycles. The number of aromatic nitrogens is 1. The molecule has 1 nitrogen and oxygen atoms in total. The van der Waals surface area contributed by atoms with Gasteiger partial charge in [-0.15, -0.1) is 0 Å². The topological polar surface area (TPSA) is 12.9 Å². The van der Waals surface area contributed by atoms with Crippen molar-refractivity contribution in [2.24, 2.45) is 0 Å². The van der Waals surface area contributed by atoms with Gasteiger partial charge in [0, 0.05) is 12.4 Å². The molecule has 0 amide bonds.